The van der Waals surface area contributed by atoms with E-state index in [0.29, 0.717) is 33.3 Å². The highest BCUT2D eigenvalue weighted by molar-refractivity contribution is 6.31. The molecule has 3 aromatic carbocycles. The molecule has 3 rings (SSSR count). The maximum atomic E-state index is 13.9. The van der Waals surface area contributed by atoms with Gasteiger partial charge in [0.15, 0.2) is 0 Å². The molecule has 0 saturated heterocycles. The summed E-state index contributed by atoms with van der Waals surface area (Å²) in [4.78, 5) is 41.1. The first-order chi connectivity index (χ1) is 20.2. The Morgan fingerprint density at radius 3 is 2.07 bits per heavy atom. The number of anilines is 1. The van der Waals surface area contributed by atoms with E-state index >= 15 is 0 Å². The van der Waals surface area contributed by atoms with E-state index in [1.165, 1.54) is 31.3 Å². The Hall–Kier alpha value is -4.08. The highest BCUT2D eigenvalue weighted by atomic mass is 35.5. The number of carbonyl (C=O) groups is 3. The monoisotopic (exact) mass is 610 g/mol. The van der Waals surface area contributed by atoms with Gasteiger partial charge in [0.1, 0.15) is 17.6 Å². The number of aliphatic hydroxyl groups excluding tert-OH is 1. The number of aliphatic hydroxyl groups is 1. The van der Waals surface area contributed by atoms with Crippen LogP contribution in [0.4, 0.5) is 5.69 Å². The highest BCUT2D eigenvalue weighted by Gasteiger charge is 2.31. The van der Waals surface area contributed by atoms with Gasteiger partial charge in [0.2, 0.25) is 11.8 Å². The molecular formula is C33H39ClN2O7. The summed E-state index contributed by atoms with van der Waals surface area (Å²) in [5, 5.41) is 21.0. The molecule has 0 aliphatic heterocycles. The molecule has 230 valence electrons. The largest absolute Gasteiger partial charge is 0.496 e. The van der Waals surface area contributed by atoms with Gasteiger partial charge >= 0.3 is 5.97 Å². The van der Waals surface area contributed by atoms with Gasteiger partial charge in [0.25, 0.3) is 0 Å². The number of halogens is 1. The lowest BCUT2D eigenvalue weighted by Crippen LogP contribution is -2.39. The summed E-state index contributed by atoms with van der Waals surface area (Å²) in [6, 6.07) is 16.5. The number of hydrogen-bond donors (Lipinski definition) is 2. The molecule has 0 bridgehead atoms. The number of amides is 2. The topological polar surface area (TPSA) is 117 Å². The van der Waals surface area contributed by atoms with Gasteiger partial charge in [-0.1, -0.05) is 62.7 Å². The number of carboxylic acids is 1. The van der Waals surface area contributed by atoms with Crippen molar-refractivity contribution in [2.45, 2.75) is 46.3 Å². The predicted octanol–water partition coefficient (Wildman–Crippen LogP) is 5.96. The quantitative estimate of drug-likeness (QED) is 0.260. The fourth-order valence-corrected chi connectivity index (χ4v) is 4.94. The second-order valence-corrected chi connectivity index (χ2v) is 11.9. The molecule has 0 aromatic heterocycles. The van der Waals surface area contributed by atoms with Crippen LogP contribution in [0.5, 0.6) is 11.5 Å². The Balaban J connectivity index is 1.92. The minimum atomic E-state index is -1.20. The average molecular weight is 611 g/mol. The number of aromatic carboxylic acids is 1. The number of nitrogens with zero attached hydrogens (tertiary/aromatic N) is 2. The molecule has 0 aliphatic carbocycles. The van der Waals surface area contributed by atoms with Gasteiger partial charge in [-0.15, -0.1) is 0 Å². The van der Waals surface area contributed by atoms with Gasteiger partial charge in [-0.3, -0.25) is 9.59 Å². The van der Waals surface area contributed by atoms with Crippen molar-refractivity contribution < 1.29 is 34.1 Å². The molecule has 1 atom stereocenters. The van der Waals surface area contributed by atoms with Gasteiger partial charge in [-0.25, -0.2) is 4.79 Å². The zero-order valence-electron chi connectivity index (χ0n) is 25.4. The summed E-state index contributed by atoms with van der Waals surface area (Å²) in [5.41, 5.74) is 1.80. The van der Waals surface area contributed by atoms with Gasteiger partial charge in [-0.05, 0) is 35.2 Å². The summed E-state index contributed by atoms with van der Waals surface area (Å²) >= 11 is 6.45. The van der Waals surface area contributed by atoms with E-state index < -0.39 is 12.1 Å². The second-order valence-electron chi connectivity index (χ2n) is 11.5. The molecule has 0 aliphatic rings. The van der Waals surface area contributed by atoms with Crippen LogP contribution in [0, 0.1) is 5.41 Å². The Bertz CT molecular complexity index is 1450. The highest BCUT2D eigenvalue weighted by Crippen LogP contribution is 2.43. The SMILES string of the molecule is COc1ccccc1[C@@H](O)c1cc(Cl)cc(OC)c1N(CC(C)(C)C)C(=O)CCC(=O)N(C)Cc1ccc(C(=O)O)cc1. The molecule has 0 unspecified atom stereocenters. The van der Waals surface area contributed by atoms with Crippen molar-refractivity contribution in [2.24, 2.45) is 5.41 Å². The molecule has 0 fully saturated rings. The van der Waals surface area contributed by atoms with Crippen LogP contribution in [0.25, 0.3) is 0 Å². The smallest absolute Gasteiger partial charge is 0.335 e. The molecular weight excluding hydrogens is 572 g/mol. The van der Waals surface area contributed by atoms with Crippen molar-refractivity contribution in [1.82, 2.24) is 4.90 Å². The van der Waals surface area contributed by atoms with E-state index in [1.807, 2.05) is 20.8 Å². The fraction of sp³-hybridized carbons (Fsp3) is 0.364. The first kappa shape index (κ1) is 33.4. The summed E-state index contributed by atoms with van der Waals surface area (Å²) in [6.45, 7) is 6.50. The van der Waals surface area contributed by atoms with E-state index in [9.17, 15) is 19.5 Å². The maximum absolute atomic E-state index is 13.9. The van der Waals surface area contributed by atoms with Gasteiger partial charge in [-0.2, -0.15) is 0 Å². The van der Waals surface area contributed by atoms with Crippen LogP contribution in [-0.4, -0.2) is 60.7 Å². The number of carbonyl (C=O) groups excluding carboxylic acids is 2. The zero-order valence-corrected chi connectivity index (χ0v) is 26.1. The van der Waals surface area contributed by atoms with Crippen molar-refractivity contribution >= 4 is 35.1 Å². The van der Waals surface area contributed by atoms with E-state index in [-0.39, 0.29) is 48.7 Å². The number of ether oxygens (including phenoxy) is 2. The van der Waals surface area contributed by atoms with E-state index in [2.05, 4.69) is 0 Å². The van der Waals surface area contributed by atoms with Crippen LogP contribution < -0.4 is 14.4 Å². The lowest BCUT2D eigenvalue weighted by molar-refractivity contribution is -0.132. The molecule has 0 heterocycles. The third kappa shape index (κ3) is 8.72. The second kappa shape index (κ2) is 14.4. The molecule has 0 saturated carbocycles. The minimum absolute atomic E-state index is 0.0521. The van der Waals surface area contributed by atoms with E-state index in [1.54, 1.807) is 60.5 Å². The number of benzene rings is 3. The van der Waals surface area contributed by atoms with Crippen LogP contribution in [0.3, 0.4) is 0 Å². The summed E-state index contributed by atoms with van der Waals surface area (Å²) in [5.74, 6) is -0.812. The van der Waals surface area contributed by atoms with E-state index in [4.69, 9.17) is 26.2 Å². The summed E-state index contributed by atoms with van der Waals surface area (Å²) < 4.78 is 11.2. The first-order valence-corrected chi connectivity index (χ1v) is 14.2. The number of methoxy groups -OCH3 is 2. The van der Waals surface area contributed by atoms with Crippen LogP contribution >= 0.6 is 11.6 Å². The van der Waals surface area contributed by atoms with Crippen molar-refractivity contribution in [3.63, 3.8) is 0 Å². The number of hydrogen-bond acceptors (Lipinski definition) is 6. The van der Waals surface area contributed by atoms with Crippen molar-refractivity contribution in [1.29, 1.82) is 0 Å². The van der Waals surface area contributed by atoms with Crippen LogP contribution in [0.2, 0.25) is 5.02 Å². The number of para-hydroxylation sites is 1. The number of rotatable bonds is 12. The fourth-order valence-electron chi connectivity index (χ4n) is 4.73. The Morgan fingerprint density at radius 1 is 0.884 bits per heavy atom. The molecule has 2 N–H and O–H groups in total. The molecule has 0 spiro atoms. The minimum Gasteiger partial charge on any atom is -0.496 e. The van der Waals surface area contributed by atoms with Gasteiger partial charge in [0.05, 0.1) is 25.5 Å². The Labute approximate surface area is 257 Å². The molecule has 0 radical (unpaired) electrons. The third-order valence-electron chi connectivity index (χ3n) is 6.82. The summed E-state index contributed by atoms with van der Waals surface area (Å²) in [7, 11) is 4.62. The molecule has 9 nitrogen and oxygen atoms in total. The predicted molar refractivity (Wildman–Crippen MR) is 166 cm³/mol. The van der Waals surface area contributed by atoms with Gasteiger partial charge < -0.3 is 29.5 Å². The first-order valence-electron chi connectivity index (χ1n) is 13.8. The lowest BCUT2D eigenvalue weighted by atomic mass is 9.93. The van der Waals surface area contributed by atoms with Crippen LogP contribution in [0.15, 0.2) is 60.7 Å². The molecule has 2 amide bonds. The molecule has 43 heavy (non-hydrogen) atoms. The lowest BCUT2D eigenvalue weighted by Gasteiger charge is -2.34. The maximum Gasteiger partial charge on any atom is 0.335 e. The van der Waals surface area contributed by atoms with E-state index in [0.717, 1.165) is 5.56 Å². The van der Waals surface area contributed by atoms with Crippen LogP contribution in [0.1, 0.15) is 66.8 Å². The standard InChI is InChI=1S/C33H39ClN2O7/c1-33(2,3)20-36(29(38)16-15-28(37)35(4)19-21-11-13-22(14-12-21)32(40)41)30-25(17-23(34)18-27(30)43-6)31(39)24-9-7-8-10-26(24)42-5/h7-14,17-18,31,39H,15-16,19-20H2,1-6H3,(H,40,41)/t31-/m1/s1. The summed E-state index contributed by atoms with van der Waals surface area (Å²) in [6.07, 6.45) is -1.34. The molecule has 3 aromatic rings. The van der Waals surface area contributed by atoms with Crippen molar-refractivity contribution in [3.8, 4) is 11.5 Å². The Kier molecular flexibility index (Phi) is 11.2. The van der Waals surface area contributed by atoms with Crippen molar-refractivity contribution in [3.05, 3.63) is 87.9 Å². The van der Waals surface area contributed by atoms with Crippen molar-refractivity contribution in [2.75, 3.05) is 32.7 Å². The zero-order chi connectivity index (χ0) is 31.9. The van der Waals surface area contributed by atoms with Crippen LogP contribution in [-0.2, 0) is 16.1 Å². The Morgan fingerprint density at radius 2 is 1.49 bits per heavy atom. The number of carboxylic acid groups (broad SMARTS) is 1. The normalized spacial score (nSPS) is 11.9. The van der Waals surface area contributed by atoms with Gasteiger partial charge in [0, 0.05) is 55.2 Å². The molecule has 10 heteroatoms. The average Bonchev–Trinajstić information content (AvgIpc) is 2.97. The third-order valence-corrected chi connectivity index (χ3v) is 7.04.